The first kappa shape index (κ1) is 14.3. The number of methoxy groups -OCH3 is 1. The number of halogens is 3. The zero-order valence-electron chi connectivity index (χ0n) is 10.3. The average Bonchev–Trinajstić information content (AvgIpc) is 2.79. The third kappa shape index (κ3) is 2.57. The summed E-state index contributed by atoms with van der Waals surface area (Å²) >= 11 is 18.9. The summed E-state index contributed by atoms with van der Waals surface area (Å²) in [4.78, 5) is 0. The molecule has 5 heteroatoms. The highest BCUT2D eigenvalue weighted by atomic mass is 35.5. The second kappa shape index (κ2) is 5.46. The standard InChI is InChI=1S/C13H15Cl3O2/c1-13(4-3-5-18-13)12(16)8-6-10(15)11(17-2)7-9(8)14/h6-7,12H,3-5H2,1-2H3. The van der Waals surface area contributed by atoms with Crippen molar-refractivity contribution in [1.29, 1.82) is 0 Å². The lowest BCUT2D eigenvalue weighted by Gasteiger charge is -2.29. The summed E-state index contributed by atoms with van der Waals surface area (Å²) in [6, 6.07) is 3.44. The van der Waals surface area contributed by atoms with Crippen molar-refractivity contribution in [3.05, 3.63) is 27.7 Å². The molecule has 18 heavy (non-hydrogen) atoms. The molecule has 1 aromatic rings. The molecule has 0 saturated carbocycles. The number of benzene rings is 1. The minimum absolute atomic E-state index is 0.323. The monoisotopic (exact) mass is 308 g/mol. The fourth-order valence-electron chi connectivity index (χ4n) is 2.22. The molecule has 100 valence electrons. The largest absolute Gasteiger partial charge is 0.495 e. The fraction of sp³-hybridized carbons (Fsp3) is 0.538. The Morgan fingerprint density at radius 2 is 2.06 bits per heavy atom. The van der Waals surface area contributed by atoms with Crippen LogP contribution in [-0.2, 0) is 4.74 Å². The normalized spacial score (nSPS) is 25.2. The van der Waals surface area contributed by atoms with Gasteiger partial charge in [0.05, 0.1) is 23.1 Å². The number of rotatable bonds is 3. The molecule has 2 nitrogen and oxygen atoms in total. The Balaban J connectivity index is 2.36. The first-order valence-corrected chi connectivity index (χ1v) is 6.98. The molecule has 1 aliphatic heterocycles. The van der Waals surface area contributed by atoms with Gasteiger partial charge in [0.25, 0.3) is 0 Å². The first-order chi connectivity index (χ1) is 8.48. The van der Waals surface area contributed by atoms with Gasteiger partial charge in [-0.2, -0.15) is 0 Å². The number of ether oxygens (including phenoxy) is 2. The zero-order chi connectivity index (χ0) is 13.3. The summed E-state index contributed by atoms with van der Waals surface area (Å²) in [5.74, 6) is 0.548. The van der Waals surface area contributed by atoms with E-state index < -0.39 is 0 Å². The molecule has 0 bridgehead atoms. The van der Waals surface area contributed by atoms with Crippen LogP contribution in [0.5, 0.6) is 5.75 Å². The molecule has 2 rings (SSSR count). The van der Waals surface area contributed by atoms with Crippen LogP contribution < -0.4 is 4.74 Å². The van der Waals surface area contributed by atoms with Crippen molar-refractivity contribution in [2.24, 2.45) is 0 Å². The molecule has 2 atom stereocenters. The summed E-state index contributed by atoms with van der Waals surface area (Å²) in [6.07, 6.45) is 1.93. The third-order valence-electron chi connectivity index (χ3n) is 3.33. The van der Waals surface area contributed by atoms with Crippen LogP contribution in [0.15, 0.2) is 12.1 Å². The van der Waals surface area contributed by atoms with Crippen molar-refractivity contribution in [3.8, 4) is 5.75 Å². The Kier molecular flexibility index (Phi) is 4.32. The highest BCUT2D eigenvalue weighted by Gasteiger charge is 2.39. The Hall–Kier alpha value is -0.150. The second-order valence-corrected chi connectivity index (χ2v) is 5.89. The number of hydrogen-bond donors (Lipinski definition) is 0. The molecular formula is C13H15Cl3O2. The van der Waals surface area contributed by atoms with E-state index in [1.807, 2.05) is 6.92 Å². The van der Waals surface area contributed by atoms with Gasteiger partial charge in [-0.15, -0.1) is 11.6 Å². The molecule has 1 aliphatic rings. The average molecular weight is 310 g/mol. The van der Waals surface area contributed by atoms with Crippen LogP contribution in [0.3, 0.4) is 0 Å². The highest BCUT2D eigenvalue weighted by Crippen LogP contribution is 2.45. The SMILES string of the molecule is COc1cc(Cl)c(C(Cl)C2(C)CCCO2)cc1Cl. The van der Waals surface area contributed by atoms with Crippen LogP contribution in [-0.4, -0.2) is 19.3 Å². The van der Waals surface area contributed by atoms with Gasteiger partial charge in [0.15, 0.2) is 0 Å². The van der Waals surface area contributed by atoms with Gasteiger partial charge < -0.3 is 9.47 Å². The van der Waals surface area contributed by atoms with Crippen LogP contribution >= 0.6 is 34.8 Å². The third-order valence-corrected chi connectivity index (χ3v) is 4.65. The van der Waals surface area contributed by atoms with E-state index in [9.17, 15) is 0 Å². The summed E-state index contributed by atoms with van der Waals surface area (Å²) in [6.45, 7) is 2.74. The van der Waals surface area contributed by atoms with Gasteiger partial charge in [0.1, 0.15) is 5.75 Å². The minimum atomic E-state index is -0.386. The molecule has 2 unspecified atom stereocenters. The van der Waals surface area contributed by atoms with Gasteiger partial charge in [-0.05, 0) is 31.4 Å². The van der Waals surface area contributed by atoms with E-state index in [1.54, 1.807) is 19.2 Å². The summed E-state index contributed by atoms with van der Waals surface area (Å²) in [5, 5.41) is 0.730. The van der Waals surface area contributed by atoms with E-state index >= 15 is 0 Å². The Morgan fingerprint density at radius 1 is 1.33 bits per heavy atom. The smallest absolute Gasteiger partial charge is 0.138 e. The number of alkyl halides is 1. The molecule has 0 aromatic heterocycles. The molecule has 0 radical (unpaired) electrons. The fourth-order valence-corrected chi connectivity index (χ4v) is 3.14. The molecule has 1 fully saturated rings. The second-order valence-electron chi connectivity index (χ2n) is 4.64. The quantitative estimate of drug-likeness (QED) is 0.743. The minimum Gasteiger partial charge on any atom is -0.495 e. The van der Waals surface area contributed by atoms with Gasteiger partial charge in [0, 0.05) is 17.7 Å². The van der Waals surface area contributed by atoms with Crippen molar-refractivity contribution < 1.29 is 9.47 Å². The Labute approximate surface area is 122 Å². The highest BCUT2D eigenvalue weighted by molar-refractivity contribution is 6.35. The summed E-state index contributed by atoms with van der Waals surface area (Å²) in [5.41, 5.74) is 0.400. The van der Waals surface area contributed by atoms with Crippen LogP contribution in [0.1, 0.15) is 30.7 Å². The van der Waals surface area contributed by atoms with Gasteiger partial charge in [-0.1, -0.05) is 23.2 Å². The lowest BCUT2D eigenvalue weighted by molar-refractivity contribution is 0.0164. The molecule has 1 heterocycles. The van der Waals surface area contributed by atoms with Crippen LogP contribution in [0.2, 0.25) is 10.0 Å². The van der Waals surface area contributed by atoms with E-state index in [4.69, 9.17) is 44.3 Å². The topological polar surface area (TPSA) is 18.5 Å². The maximum absolute atomic E-state index is 6.52. The zero-order valence-corrected chi connectivity index (χ0v) is 12.6. The van der Waals surface area contributed by atoms with Crippen molar-refractivity contribution in [1.82, 2.24) is 0 Å². The first-order valence-electron chi connectivity index (χ1n) is 5.79. The lowest BCUT2D eigenvalue weighted by atomic mass is 9.93. The molecule has 1 saturated heterocycles. The Morgan fingerprint density at radius 3 is 2.61 bits per heavy atom. The maximum Gasteiger partial charge on any atom is 0.138 e. The number of hydrogen-bond acceptors (Lipinski definition) is 2. The molecule has 0 amide bonds. The van der Waals surface area contributed by atoms with Gasteiger partial charge in [-0.25, -0.2) is 0 Å². The molecule has 0 N–H and O–H groups in total. The van der Waals surface area contributed by atoms with Gasteiger partial charge in [0.2, 0.25) is 0 Å². The van der Waals surface area contributed by atoms with E-state index in [0.29, 0.717) is 15.8 Å². The van der Waals surface area contributed by atoms with Crippen LogP contribution in [0, 0.1) is 0 Å². The van der Waals surface area contributed by atoms with Crippen molar-refractivity contribution in [2.45, 2.75) is 30.7 Å². The van der Waals surface area contributed by atoms with E-state index in [0.717, 1.165) is 25.0 Å². The van der Waals surface area contributed by atoms with Crippen LogP contribution in [0.25, 0.3) is 0 Å². The molecular weight excluding hydrogens is 294 g/mol. The van der Waals surface area contributed by atoms with E-state index in [1.165, 1.54) is 0 Å². The van der Waals surface area contributed by atoms with Gasteiger partial charge >= 0.3 is 0 Å². The maximum atomic E-state index is 6.52. The summed E-state index contributed by atoms with van der Waals surface area (Å²) in [7, 11) is 1.55. The van der Waals surface area contributed by atoms with Crippen molar-refractivity contribution in [2.75, 3.05) is 13.7 Å². The summed E-state index contributed by atoms with van der Waals surface area (Å²) < 4.78 is 10.9. The van der Waals surface area contributed by atoms with Crippen molar-refractivity contribution >= 4 is 34.8 Å². The van der Waals surface area contributed by atoms with Crippen LogP contribution in [0.4, 0.5) is 0 Å². The molecule has 0 spiro atoms. The Bertz CT molecular complexity index is 442. The van der Waals surface area contributed by atoms with Crippen molar-refractivity contribution in [3.63, 3.8) is 0 Å². The van der Waals surface area contributed by atoms with E-state index in [-0.39, 0.29) is 11.0 Å². The molecule has 1 aromatic carbocycles. The predicted molar refractivity (Wildman–Crippen MR) is 75.2 cm³/mol. The molecule has 0 aliphatic carbocycles. The van der Waals surface area contributed by atoms with E-state index in [2.05, 4.69) is 0 Å². The predicted octanol–water partition coefficient (Wildman–Crippen LogP) is 4.85. The van der Waals surface area contributed by atoms with Gasteiger partial charge in [-0.3, -0.25) is 0 Å². The lowest BCUT2D eigenvalue weighted by Crippen LogP contribution is -2.29.